The van der Waals surface area contributed by atoms with Crippen molar-refractivity contribution in [3.05, 3.63) is 41.7 Å². The molecule has 0 amide bonds. The standard InChI is InChI=1S/C13H18N4O/c1-10-3-4-12(11(9-14)16-10)18-8-5-13-15-6-7-17(13)2/h3-4,6-7H,5,8-9,14H2,1-2H3. The Morgan fingerprint density at radius 1 is 1.39 bits per heavy atom. The Morgan fingerprint density at radius 2 is 2.22 bits per heavy atom. The van der Waals surface area contributed by atoms with Gasteiger partial charge in [-0.3, -0.25) is 4.98 Å². The van der Waals surface area contributed by atoms with Gasteiger partial charge in [-0.25, -0.2) is 4.98 Å². The Balaban J connectivity index is 1.96. The second-order valence-corrected chi connectivity index (χ2v) is 4.15. The lowest BCUT2D eigenvalue weighted by Gasteiger charge is -2.10. The lowest BCUT2D eigenvalue weighted by molar-refractivity contribution is 0.312. The highest BCUT2D eigenvalue weighted by Gasteiger charge is 2.05. The van der Waals surface area contributed by atoms with Gasteiger partial charge in [0.2, 0.25) is 0 Å². The third-order valence-corrected chi connectivity index (χ3v) is 2.77. The van der Waals surface area contributed by atoms with Crippen molar-refractivity contribution in [2.75, 3.05) is 6.61 Å². The van der Waals surface area contributed by atoms with E-state index in [0.717, 1.165) is 29.4 Å². The predicted molar refractivity (Wildman–Crippen MR) is 69.3 cm³/mol. The summed E-state index contributed by atoms with van der Waals surface area (Å²) in [6.45, 7) is 2.90. The molecule has 5 nitrogen and oxygen atoms in total. The number of imidazole rings is 1. The number of hydrogen-bond acceptors (Lipinski definition) is 4. The Labute approximate surface area is 107 Å². The molecule has 0 aliphatic carbocycles. The summed E-state index contributed by atoms with van der Waals surface area (Å²) in [4.78, 5) is 8.60. The molecule has 0 aliphatic heterocycles. The second kappa shape index (κ2) is 5.64. The van der Waals surface area contributed by atoms with E-state index in [-0.39, 0.29) is 0 Å². The van der Waals surface area contributed by atoms with E-state index in [1.54, 1.807) is 6.20 Å². The number of nitrogens with two attached hydrogens (primary N) is 1. The van der Waals surface area contributed by atoms with Gasteiger partial charge in [0.25, 0.3) is 0 Å². The molecule has 0 atom stereocenters. The van der Waals surface area contributed by atoms with Gasteiger partial charge < -0.3 is 15.0 Å². The molecule has 0 unspecified atom stereocenters. The summed E-state index contributed by atoms with van der Waals surface area (Å²) in [5.74, 6) is 1.77. The molecular formula is C13H18N4O. The molecule has 0 fully saturated rings. The van der Waals surface area contributed by atoms with E-state index >= 15 is 0 Å². The number of hydrogen-bond donors (Lipinski definition) is 1. The summed E-state index contributed by atoms with van der Waals surface area (Å²) in [6.07, 6.45) is 4.48. The summed E-state index contributed by atoms with van der Waals surface area (Å²) < 4.78 is 7.70. The fraction of sp³-hybridized carbons (Fsp3) is 0.385. The number of aromatic nitrogens is 3. The van der Waals surface area contributed by atoms with Crippen molar-refractivity contribution in [3.63, 3.8) is 0 Å². The topological polar surface area (TPSA) is 66.0 Å². The van der Waals surface area contributed by atoms with Crippen molar-refractivity contribution in [2.24, 2.45) is 12.8 Å². The smallest absolute Gasteiger partial charge is 0.142 e. The summed E-state index contributed by atoms with van der Waals surface area (Å²) in [7, 11) is 1.97. The molecular weight excluding hydrogens is 228 g/mol. The number of aryl methyl sites for hydroxylation is 2. The molecule has 2 N–H and O–H groups in total. The summed E-state index contributed by atoms with van der Waals surface area (Å²) in [5, 5.41) is 0. The number of ether oxygens (including phenoxy) is 1. The van der Waals surface area contributed by atoms with Crippen LogP contribution in [0.3, 0.4) is 0 Å². The maximum absolute atomic E-state index is 5.72. The normalized spacial score (nSPS) is 10.6. The van der Waals surface area contributed by atoms with Crippen molar-refractivity contribution >= 4 is 0 Å². The van der Waals surface area contributed by atoms with Crippen LogP contribution in [0.15, 0.2) is 24.5 Å². The molecule has 0 aliphatic rings. The van der Waals surface area contributed by atoms with Gasteiger partial charge in [0.1, 0.15) is 11.6 Å². The van der Waals surface area contributed by atoms with Gasteiger partial charge in [0.05, 0.1) is 12.3 Å². The van der Waals surface area contributed by atoms with Crippen LogP contribution in [0.1, 0.15) is 17.2 Å². The highest BCUT2D eigenvalue weighted by molar-refractivity contribution is 5.29. The van der Waals surface area contributed by atoms with E-state index in [1.165, 1.54) is 0 Å². The van der Waals surface area contributed by atoms with Crippen LogP contribution in [0.25, 0.3) is 0 Å². The quantitative estimate of drug-likeness (QED) is 0.861. The first-order chi connectivity index (χ1) is 8.70. The van der Waals surface area contributed by atoms with E-state index in [2.05, 4.69) is 9.97 Å². The van der Waals surface area contributed by atoms with Gasteiger partial charge in [0, 0.05) is 38.1 Å². The molecule has 2 rings (SSSR count). The van der Waals surface area contributed by atoms with Crippen molar-refractivity contribution in [2.45, 2.75) is 19.9 Å². The van der Waals surface area contributed by atoms with Crippen molar-refractivity contribution < 1.29 is 4.74 Å². The Morgan fingerprint density at radius 3 is 2.89 bits per heavy atom. The first-order valence-electron chi connectivity index (χ1n) is 5.96. The van der Waals surface area contributed by atoms with E-state index in [9.17, 15) is 0 Å². The molecule has 0 radical (unpaired) electrons. The number of pyridine rings is 1. The van der Waals surface area contributed by atoms with E-state index in [4.69, 9.17) is 10.5 Å². The maximum atomic E-state index is 5.72. The maximum Gasteiger partial charge on any atom is 0.142 e. The van der Waals surface area contributed by atoms with Crippen molar-refractivity contribution in [3.8, 4) is 5.75 Å². The SMILES string of the molecule is Cc1ccc(OCCc2nccn2C)c(CN)n1. The molecule has 0 aromatic carbocycles. The van der Waals surface area contributed by atoms with Crippen LogP contribution >= 0.6 is 0 Å². The third-order valence-electron chi connectivity index (χ3n) is 2.77. The first kappa shape index (κ1) is 12.6. The number of nitrogens with zero attached hydrogens (tertiary/aromatic N) is 3. The minimum Gasteiger partial charge on any atom is -0.491 e. The number of rotatable bonds is 5. The van der Waals surface area contributed by atoms with Crippen LogP contribution in [0, 0.1) is 6.92 Å². The molecule has 2 aromatic heterocycles. The molecule has 0 saturated heterocycles. The van der Waals surface area contributed by atoms with Crippen molar-refractivity contribution in [1.82, 2.24) is 14.5 Å². The average Bonchev–Trinajstić information content (AvgIpc) is 2.77. The monoisotopic (exact) mass is 246 g/mol. The molecule has 18 heavy (non-hydrogen) atoms. The average molecular weight is 246 g/mol. The van der Waals surface area contributed by atoms with Crippen LogP contribution in [0.4, 0.5) is 0 Å². The van der Waals surface area contributed by atoms with E-state index in [1.807, 2.05) is 36.9 Å². The lowest BCUT2D eigenvalue weighted by Crippen LogP contribution is -2.10. The van der Waals surface area contributed by atoms with Crippen molar-refractivity contribution in [1.29, 1.82) is 0 Å². The zero-order valence-corrected chi connectivity index (χ0v) is 10.8. The van der Waals surface area contributed by atoms with Gasteiger partial charge in [0.15, 0.2) is 0 Å². The third kappa shape index (κ3) is 2.87. The van der Waals surface area contributed by atoms with E-state index < -0.39 is 0 Å². The molecule has 0 spiro atoms. The largest absolute Gasteiger partial charge is 0.491 e. The molecule has 0 bridgehead atoms. The zero-order chi connectivity index (χ0) is 13.0. The lowest BCUT2D eigenvalue weighted by atomic mass is 10.3. The van der Waals surface area contributed by atoms with Crippen LogP contribution in [-0.4, -0.2) is 21.1 Å². The Hall–Kier alpha value is -1.88. The summed E-state index contributed by atoms with van der Waals surface area (Å²) in [5.41, 5.74) is 7.40. The van der Waals surface area contributed by atoms with Crippen LogP contribution in [0.5, 0.6) is 5.75 Å². The first-order valence-corrected chi connectivity index (χ1v) is 5.96. The molecule has 2 aromatic rings. The fourth-order valence-electron chi connectivity index (χ4n) is 1.77. The van der Waals surface area contributed by atoms with Gasteiger partial charge in [-0.05, 0) is 19.1 Å². The van der Waals surface area contributed by atoms with Crippen LogP contribution in [-0.2, 0) is 20.0 Å². The van der Waals surface area contributed by atoms with E-state index in [0.29, 0.717) is 13.2 Å². The molecule has 5 heteroatoms. The minimum atomic E-state index is 0.388. The van der Waals surface area contributed by atoms with Crippen LogP contribution < -0.4 is 10.5 Å². The van der Waals surface area contributed by atoms with Crippen LogP contribution in [0.2, 0.25) is 0 Å². The zero-order valence-electron chi connectivity index (χ0n) is 10.8. The van der Waals surface area contributed by atoms with Gasteiger partial charge in [-0.1, -0.05) is 0 Å². The highest BCUT2D eigenvalue weighted by atomic mass is 16.5. The van der Waals surface area contributed by atoms with Gasteiger partial charge >= 0.3 is 0 Å². The van der Waals surface area contributed by atoms with Gasteiger partial charge in [-0.15, -0.1) is 0 Å². The predicted octanol–water partition coefficient (Wildman–Crippen LogP) is 1.20. The molecule has 96 valence electrons. The fourth-order valence-corrected chi connectivity index (χ4v) is 1.77. The highest BCUT2D eigenvalue weighted by Crippen LogP contribution is 2.16. The Kier molecular flexibility index (Phi) is 3.94. The summed E-state index contributed by atoms with van der Waals surface area (Å²) in [6, 6.07) is 3.85. The summed E-state index contributed by atoms with van der Waals surface area (Å²) >= 11 is 0. The minimum absolute atomic E-state index is 0.388. The molecule has 2 heterocycles. The van der Waals surface area contributed by atoms with Gasteiger partial charge in [-0.2, -0.15) is 0 Å². The second-order valence-electron chi connectivity index (χ2n) is 4.15. The Bertz CT molecular complexity index is 521. The molecule has 0 saturated carbocycles.